The van der Waals surface area contributed by atoms with Crippen LogP contribution in [0, 0.1) is 25.6 Å². The van der Waals surface area contributed by atoms with Gasteiger partial charge in [0, 0.05) is 19.5 Å². The lowest BCUT2D eigenvalue weighted by Crippen LogP contribution is -2.53. The van der Waals surface area contributed by atoms with Crippen molar-refractivity contribution in [2.45, 2.75) is 51.6 Å². The molecule has 4 rings (SSSR count). The van der Waals surface area contributed by atoms with Crippen molar-refractivity contribution >= 4 is 27.5 Å². The quantitative estimate of drug-likeness (QED) is 0.195. The zero-order valence-corrected chi connectivity index (χ0v) is 26.9. The van der Waals surface area contributed by atoms with Crippen LogP contribution in [-0.4, -0.2) is 44.3 Å². The first-order valence-electron chi connectivity index (χ1n) is 15.0. The van der Waals surface area contributed by atoms with Crippen LogP contribution in [0.25, 0.3) is 0 Å². The summed E-state index contributed by atoms with van der Waals surface area (Å²) >= 11 is 0. The fraction of sp³-hybridized carbons (Fsp3) is 0.278. The van der Waals surface area contributed by atoms with Crippen molar-refractivity contribution in [2.24, 2.45) is 5.92 Å². The second kappa shape index (κ2) is 15.0. The van der Waals surface area contributed by atoms with Crippen LogP contribution in [0.3, 0.4) is 0 Å². The molecule has 4 aromatic carbocycles. The van der Waals surface area contributed by atoms with Gasteiger partial charge >= 0.3 is 0 Å². The zero-order chi connectivity index (χ0) is 32.6. The van der Waals surface area contributed by atoms with Crippen LogP contribution in [0.4, 0.5) is 10.1 Å². The van der Waals surface area contributed by atoms with Gasteiger partial charge in [-0.2, -0.15) is 0 Å². The summed E-state index contributed by atoms with van der Waals surface area (Å²) in [7, 11) is -4.38. The van der Waals surface area contributed by atoms with Crippen molar-refractivity contribution in [3.8, 4) is 0 Å². The Kier molecular flexibility index (Phi) is 11.1. The van der Waals surface area contributed by atoms with Crippen molar-refractivity contribution in [1.82, 2.24) is 10.2 Å². The Morgan fingerprint density at radius 2 is 1.44 bits per heavy atom. The molecule has 0 aliphatic heterocycles. The first kappa shape index (κ1) is 33.4. The van der Waals surface area contributed by atoms with Gasteiger partial charge in [-0.05, 0) is 55.2 Å². The highest BCUT2D eigenvalue weighted by Crippen LogP contribution is 2.27. The molecule has 1 atom stereocenters. The molecule has 0 spiro atoms. The minimum absolute atomic E-state index is 0.0444. The van der Waals surface area contributed by atoms with Gasteiger partial charge in [0.1, 0.15) is 18.4 Å². The summed E-state index contributed by atoms with van der Waals surface area (Å²) in [4.78, 5) is 29.6. The highest BCUT2D eigenvalue weighted by molar-refractivity contribution is 7.92. The molecule has 236 valence electrons. The van der Waals surface area contributed by atoms with Gasteiger partial charge in [-0.25, -0.2) is 12.8 Å². The fourth-order valence-corrected chi connectivity index (χ4v) is 6.41. The van der Waals surface area contributed by atoms with E-state index in [0.29, 0.717) is 6.54 Å². The van der Waals surface area contributed by atoms with Gasteiger partial charge in [-0.3, -0.25) is 13.9 Å². The monoisotopic (exact) mass is 629 g/mol. The molecule has 0 saturated carbocycles. The van der Waals surface area contributed by atoms with Crippen LogP contribution < -0.4 is 9.62 Å². The van der Waals surface area contributed by atoms with Gasteiger partial charge in [0.25, 0.3) is 10.0 Å². The molecule has 4 aromatic rings. The number of aryl methyl sites for hydroxylation is 2. The van der Waals surface area contributed by atoms with Gasteiger partial charge in [-0.15, -0.1) is 0 Å². The molecule has 0 heterocycles. The third kappa shape index (κ3) is 8.79. The number of rotatable bonds is 13. The van der Waals surface area contributed by atoms with Crippen LogP contribution in [0.2, 0.25) is 0 Å². The standard InChI is InChI=1S/C36H40FN3O4S/c1-26(2)23-38-36(42)34(22-29-12-6-5-7-13-29)39(24-30-14-10-11-28(4)21-30)35(41)25-40(33-16-9-8-15-32(33)37)45(43,44)31-19-17-27(3)18-20-31/h5-21,26,34H,22-25H2,1-4H3,(H,38,42)/t34-/m1/s1. The number of amides is 2. The molecule has 0 aromatic heterocycles. The second-order valence-corrected chi connectivity index (χ2v) is 13.5. The minimum atomic E-state index is -4.38. The summed E-state index contributed by atoms with van der Waals surface area (Å²) in [6.45, 7) is 7.44. The van der Waals surface area contributed by atoms with E-state index in [0.717, 1.165) is 32.6 Å². The minimum Gasteiger partial charge on any atom is -0.354 e. The maximum absolute atomic E-state index is 15.2. The maximum atomic E-state index is 15.2. The number of nitrogens with zero attached hydrogens (tertiary/aromatic N) is 2. The maximum Gasteiger partial charge on any atom is 0.264 e. The number of hydrogen-bond donors (Lipinski definition) is 1. The van der Waals surface area contributed by atoms with Crippen LogP contribution in [0.15, 0.2) is 108 Å². The second-order valence-electron chi connectivity index (χ2n) is 11.6. The Hall–Kier alpha value is -4.50. The number of hydrogen-bond acceptors (Lipinski definition) is 4. The van der Waals surface area contributed by atoms with E-state index in [1.54, 1.807) is 12.1 Å². The third-order valence-corrected chi connectivity index (χ3v) is 9.17. The molecule has 0 aliphatic rings. The topological polar surface area (TPSA) is 86.8 Å². The molecule has 0 bridgehead atoms. The average molecular weight is 630 g/mol. The molecule has 7 nitrogen and oxygen atoms in total. The zero-order valence-electron chi connectivity index (χ0n) is 26.1. The number of carbonyl (C=O) groups is 2. The van der Waals surface area contributed by atoms with E-state index >= 15 is 4.39 Å². The SMILES string of the molecule is Cc1ccc(S(=O)(=O)N(CC(=O)N(Cc2cccc(C)c2)[C@H](Cc2ccccc2)C(=O)NCC(C)C)c2ccccc2F)cc1. The smallest absolute Gasteiger partial charge is 0.264 e. The Morgan fingerprint density at radius 3 is 2.09 bits per heavy atom. The van der Waals surface area contributed by atoms with E-state index in [-0.39, 0.29) is 35.4 Å². The fourth-order valence-electron chi connectivity index (χ4n) is 4.99. The van der Waals surface area contributed by atoms with Crippen molar-refractivity contribution < 1.29 is 22.4 Å². The van der Waals surface area contributed by atoms with Crippen LogP contribution in [0.1, 0.15) is 36.1 Å². The van der Waals surface area contributed by atoms with Gasteiger partial charge in [0.05, 0.1) is 10.6 Å². The molecule has 0 unspecified atom stereocenters. The van der Waals surface area contributed by atoms with Gasteiger partial charge in [0.15, 0.2) is 0 Å². The van der Waals surface area contributed by atoms with Crippen molar-refractivity contribution in [3.05, 3.63) is 131 Å². The number of nitrogens with one attached hydrogen (secondary N) is 1. The molecule has 45 heavy (non-hydrogen) atoms. The number of para-hydroxylation sites is 1. The Morgan fingerprint density at radius 1 is 0.800 bits per heavy atom. The van der Waals surface area contributed by atoms with E-state index in [2.05, 4.69) is 5.32 Å². The van der Waals surface area contributed by atoms with E-state index < -0.39 is 34.3 Å². The highest BCUT2D eigenvalue weighted by Gasteiger charge is 2.35. The highest BCUT2D eigenvalue weighted by atomic mass is 32.2. The van der Waals surface area contributed by atoms with Crippen LogP contribution in [0.5, 0.6) is 0 Å². The number of anilines is 1. The summed E-state index contributed by atoms with van der Waals surface area (Å²) in [6, 6.07) is 27.6. The number of sulfonamides is 1. The number of carbonyl (C=O) groups excluding carboxylic acids is 2. The molecule has 0 saturated heterocycles. The van der Waals surface area contributed by atoms with E-state index in [9.17, 15) is 18.0 Å². The summed E-state index contributed by atoms with van der Waals surface area (Å²) in [5.74, 6) is -1.62. The summed E-state index contributed by atoms with van der Waals surface area (Å²) in [6.07, 6.45) is 0.201. The molecule has 0 aliphatic carbocycles. The van der Waals surface area contributed by atoms with Crippen molar-refractivity contribution in [2.75, 3.05) is 17.4 Å². The molecule has 9 heteroatoms. The summed E-state index contributed by atoms with van der Waals surface area (Å²) in [5, 5.41) is 2.97. The van der Waals surface area contributed by atoms with E-state index in [4.69, 9.17) is 0 Å². The Balaban J connectivity index is 1.81. The first-order valence-corrected chi connectivity index (χ1v) is 16.4. The molecule has 0 radical (unpaired) electrons. The largest absolute Gasteiger partial charge is 0.354 e. The average Bonchev–Trinajstić information content (AvgIpc) is 3.01. The van der Waals surface area contributed by atoms with Gasteiger partial charge in [0.2, 0.25) is 11.8 Å². The van der Waals surface area contributed by atoms with Crippen LogP contribution >= 0.6 is 0 Å². The first-order chi connectivity index (χ1) is 21.5. The number of benzene rings is 4. The lowest BCUT2D eigenvalue weighted by molar-refractivity contribution is -0.140. The Labute approximate surface area is 265 Å². The molecular weight excluding hydrogens is 589 g/mol. The molecular formula is C36H40FN3O4S. The number of halogens is 1. The summed E-state index contributed by atoms with van der Waals surface area (Å²) < 4.78 is 44.1. The van der Waals surface area contributed by atoms with E-state index in [1.165, 1.54) is 35.2 Å². The van der Waals surface area contributed by atoms with Gasteiger partial charge < -0.3 is 10.2 Å². The van der Waals surface area contributed by atoms with Crippen molar-refractivity contribution in [3.63, 3.8) is 0 Å². The predicted molar refractivity (Wildman–Crippen MR) is 176 cm³/mol. The summed E-state index contributed by atoms with van der Waals surface area (Å²) in [5.41, 5.74) is 3.17. The molecule has 1 N–H and O–H groups in total. The molecule has 2 amide bonds. The third-order valence-electron chi connectivity index (χ3n) is 7.40. The van der Waals surface area contributed by atoms with E-state index in [1.807, 2.05) is 82.3 Å². The Bertz CT molecular complexity index is 1710. The lowest BCUT2D eigenvalue weighted by Gasteiger charge is -2.34. The lowest BCUT2D eigenvalue weighted by atomic mass is 10.0. The van der Waals surface area contributed by atoms with Gasteiger partial charge in [-0.1, -0.05) is 104 Å². The van der Waals surface area contributed by atoms with Crippen molar-refractivity contribution in [1.29, 1.82) is 0 Å². The van der Waals surface area contributed by atoms with Crippen LogP contribution in [-0.2, 0) is 32.6 Å². The predicted octanol–water partition coefficient (Wildman–Crippen LogP) is 6.05. The normalized spacial score (nSPS) is 12.0. The molecule has 0 fully saturated rings.